The summed E-state index contributed by atoms with van der Waals surface area (Å²) in [6.07, 6.45) is 66.2. The number of hydrogen-bond acceptors (Lipinski definition) is 5. The van der Waals surface area contributed by atoms with Crippen LogP contribution in [0.3, 0.4) is 0 Å². The molecular weight excluding hydrogens is 729 g/mol. The van der Waals surface area contributed by atoms with Crippen molar-refractivity contribution in [2.45, 2.75) is 258 Å². The molecule has 0 aromatic rings. The Balaban J connectivity index is 3.50. The van der Waals surface area contributed by atoms with Gasteiger partial charge in [0.1, 0.15) is 6.61 Å². The fraction of sp³-hybridized carbons (Fsp3) is 0.778. The van der Waals surface area contributed by atoms with Crippen LogP contribution in [-0.2, 0) is 19.1 Å². The predicted molar refractivity (Wildman–Crippen MR) is 256 cm³/mol. The molecule has 5 nitrogen and oxygen atoms in total. The highest BCUT2D eigenvalue weighted by atomic mass is 16.6. The molecule has 59 heavy (non-hydrogen) atoms. The molecule has 0 bridgehead atoms. The van der Waals surface area contributed by atoms with Crippen LogP contribution in [0.25, 0.3) is 0 Å². The quantitative estimate of drug-likeness (QED) is 0.0376. The minimum Gasteiger partial charge on any atom is -0.462 e. The van der Waals surface area contributed by atoms with Crippen molar-refractivity contribution in [3.05, 3.63) is 60.8 Å². The number of rotatable bonds is 46. The molecule has 0 aromatic heterocycles. The number of aliphatic hydroxyl groups is 1. The van der Waals surface area contributed by atoms with Crippen LogP contribution in [0.4, 0.5) is 0 Å². The van der Waals surface area contributed by atoms with Crippen molar-refractivity contribution >= 4 is 11.9 Å². The monoisotopic (exact) mass is 825 g/mol. The lowest BCUT2D eigenvalue weighted by Gasteiger charge is -2.15. The van der Waals surface area contributed by atoms with Crippen molar-refractivity contribution in [2.75, 3.05) is 13.2 Å². The first kappa shape index (κ1) is 56.6. The highest BCUT2D eigenvalue weighted by molar-refractivity contribution is 5.70. The zero-order chi connectivity index (χ0) is 42.8. The van der Waals surface area contributed by atoms with Gasteiger partial charge in [0, 0.05) is 12.8 Å². The van der Waals surface area contributed by atoms with E-state index in [1.165, 1.54) is 161 Å². The molecule has 0 aliphatic heterocycles. The molecule has 342 valence electrons. The highest BCUT2D eigenvalue weighted by Gasteiger charge is 2.16. The topological polar surface area (TPSA) is 72.8 Å². The second-order valence-electron chi connectivity index (χ2n) is 16.9. The Kier molecular flexibility index (Phi) is 47.9. The van der Waals surface area contributed by atoms with E-state index >= 15 is 0 Å². The van der Waals surface area contributed by atoms with Crippen LogP contribution in [0, 0.1) is 0 Å². The molecule has 1 N–H and O–H groups in total. The highest BCUT2D eigenvalue weighted by Crippen LogP contribution is 2.17. The van der Waals surface area contributed by atoms with Crippen LogP contribution in [-0.4, -0.2) is 36.4 Å². The van der Waals surface area contributed by atoms with Gasteiger partial charge in [0.05, 0.1) is 6.61 Å². The van der Waals surface area contributed by atoms with Crippen LogP contribution in [0.1, 0.15) is 251 Å². The largest absolute Gasteiger partial charge is 0.462 e. The second-order valence-corrected chi connectivity index (χ2v) is 16.9. The lowest BCUT2D eigenvalue weighted by molar-refractivity contribution is -0.161. The molecule has 0 saturated carbocycles. The summed E-state index contributed by atoms with van der Waals surface area (Å²) >= 11 is 0. The van der Waals surface area contributed by atoms with Crippen LogP contribution in [0.15, 0.2) is 60.8 Å². The molecule has 5 heteroatoms. The minimum atomic E-state index is -0.802. The molecule has 0 spiro atoms. The number of ether oxygens (including phenoxy) is 2. The van der Waals surface area contributed by atoms with Gasteiger partial charge in [-0.25, -0.2) is 0 Å². The number of esters is 2. The van der Waals surface area contributed by atoms with E-state index in [-0.39, 0.29) is 31.6 Å². The molecule has 1 unspecified atom stereocenters. The van der Waals surface area contributed by atoms with E-state index < -0.39 is 6.10 Å². The summed E-state index contributed by atoms with van der Waals surface area (Å²) < 4.78 is 10.6. The fourth-order valence-corrected chi connectivity index (χ4v) is 7.30. The number of unbranched alkanes of at least 4 members (excludes halogenated alkanes) is 28. The molecule has 0 rings (SSSR count). The summed E-state index contributed by atoms with van der Waals surface area (Å²) in [4.78, 5) is 24.4. The standard InChI is InChI=1S/C54H96O5/c1-3-5-7-9-11-13-15-17-19-21-22-23-24-25-26-27-28-29-30-31-33-34-36-38-40-42-44-46-48-53(56)58-51-52(50-55)59-54(57)49-47-45-43-41-39-37-35-32-20-18-16-14-12-10-8-6-4-2/h6,8,12,14,18,20,35,37,41,43,52,55H,3-5,7,9-11,13,15-17,19,21-34,36,38-40,42,44-51H2,1-2H3/b8-6-,14-12-,20-18-,37-35-,43-41-. The lowest BCUT2D eigenvalue weighted by atomic mass is 10.0. The number of hydrogen-bond donors (Lipinski definition) is 1. The van der Waals surface area contributed by atoms with E-state index in [4.69, 9.17) is 9.47 Å². The van der Waals surface area contributed by atoms with E-state index in [9.17, 15) is 14.7 Å². The van der Waals surface area contributed by atoms with Gasteiger partial charge in [0.25, 0.3) is 0 Å². The SMILES string of the molecule is CC/C=C\C/C=C\C/C=C\C/C=C\C/C=C\CCCC(=O)OC(CO)COC(=O)CCCCCCCCCCCCCCCCCCCCCCCCCCCCCC. The molecule has 0 saturated heterocycles. The molecule has 0 fully saturated rings. The van der Waals surface area contributed by atoms with Crippen LogP contribution < -0.4 is 0 Å². The van der Waals surface area contributed by atoms with Crippen molar-refractivity contribution in [3.8, 4) is 0 Å². The minimum absolute atomic E-state index is 0.0879. The summed E-state index contributed by atoms with van der Waals surface area (Å²) in [7, 11) is 0. The zero-order valence-corrected chi connectivity index (χ0v) is 39.0. The van der Waals surface area contributed by atoms with Gasteiger partial charge in [-0.15, -0.1) is 0 Å². The molecule has 0 aromatic carbocycles. The molecule has 0 amide bonds. The van der Waals surface area contributed by atoms with Gasteiger partial charge in [0.2, 0.25) is 0 Å². The number of carbonyl (C=O) groups excluding carboxylic acids is 2. The van der Waals surface area contributed by atoms with Gasteiger partial charge >= 0.3 is 11.9 Å². The normalized spacial score (nSPS) is 12.7. The lowest BCUT2D eigenvalue weighted by Crippen LogP contribution is -2.28. The first-order valence-corrected chi connectivity index (χ1v) is 25.3. The van der Waals surface area contributed by atoms with Gasteiger partial charge in [0.15, 0.2) is 6.10 Å². The van der Waals surface area contributed by atoms with E-state index in [0.29, 0.717) is 12.8 Å². The molecule has 0 aliphatic carbocycles. The smallest absolute Gasteiger partial charge is 0.306 e. The maximum Gasteiger partial charge on any atom is 0.306 e. The van der Waals surface area contributed by atoms with Crippen molar-refractivity contribution < 1.29 is 24.2 Å². The van der Waals surface area contributed by atoms with Gasteiger partial charge < -0.3 is 14.6 Å². The average molecular weight is 825 g/mol. The Morgan fingerprint density at radius 2 is 0.729 bits per heavy atom. The van der Waals surface area contributed by atoms with Gasteiger partial charge in [-0.2, -0.15) is 0 Å². The summed E-state index contributed by atoms with van der Waals surface area (Å²) in [6, 6.07) is 0. The van der Waals surface area contributed by atoms with E-state index in [1.807, 2.05) is 0 Å². The predicted octanol–water partition coefficient (Wildman–Crippen LogP) is 16.7. The first-order valence-electron chi connectivity index (χ1n) is 25.3. The second kappa shape index (κ2) is 50.0. The molecular formula is C54H96O5. The van der Waals surface area contributed by atoms with Crippen LogP contribution >= 0.6 is 0 Å². The Morgan fingerprint density at radius 3 is 1.08 bits per heavy atom. The molecule has 1 atom stereocenters. The molecule has 0 aliphatic rings. The van der Waals surface area contributed by atoms with Crippen molar-refractivity contribution in [2.24, 2.45) is 0 Å². The van der Waals surface area contributed by atoms with Gasteiger partial charge in [-0.05, 0) is 51.4 Å². The zero-order valence-electron chi connectivity index (χ0n) is 39.0. The average Bonchev–Trinajstić information content (AvgIpc) is 3.24. The Bertz CT molecular complexity index is 1020. The van der Waals surface area contributed by atoms with Crippen LogP contribution in [0.5, 0.6) is 0 Å². The van der Waals surface area contributed by atoms with Gasteiger partial charge in [-0.3, -0.25) is 9.59 Å². The first-order chi connectivity index (χ1) is 29.1. The Labute approximate surface area is 366 Å². The number of aliphatic hydroxyl groups excluding tert-OH is 1. The summed E-state index contributed by atoms with van der Waals surface area (Å²) in [5, 5.41) is 9.60. The summed E-state index contributed by atoms with van der Waals surface area (Å²) in [5.41, 5.74) is 0. The number of carbonyl (C=O) groups is 2. The summed E-state index contributed by atoms with van der Waals surface area (Å²) in [5.74, 6) is -0.652. The van der Waals surface area contributed by atoms with Crippen molar-refractivity contribution in [1.82, 2.24) is 0 Å². The van der Waals surface area contributed by atoms with E-state index in [2.05, 4.69) is 74.6 Å². The van der Waals surface area contributed by atoms with Crippen molar-refractivity contribution in [3.63, 3.8) is 0 Å². The maximum atomic E-state index is 12.2. The summed E-state index contributed by atoms with van der Waals surface area (Å²) in [6.45, 7) is 4.00. The fourth-order valence-electron chi connectivity index (χ4n) is 7.30. The third-order valence-corrected chi connectivity index (χ3v) is 11.1. The molecule has 0 radical (unpaired) electrons. The third-order valence-electron chi connectivity index (χ3n) is 11.1. The third kappa shape index (κ3) is 48.1. The van der Waals surface area contributed by atoms with Crippen LogP contribution in [0.2, 0.25) is 0 Å². The number of allylic oxidation sites excluding steroid dienone is 10. The Hall–Kier alpha value is -2.40. The van der Waals surface area contributed by atoms with E-state index in [1.54, 1.807) is 0 Å². The van der Waals surface area contributed by atoms with Crippen molar-refractivity contribution in [1.29, 1.82) is 0 Å². The maximum absolute atomic E-state index is 12.2. The van der Waals surface area contributed by atoms with Gasteiger partial charge in [-0.1, -0.05) is 248 Å². The molecule has 0 heterocycles. The Morgan fingerprint density at radius 1 is 0.407 bits per heavy atom. The van der Waals surface area contributed by atoms with E-state index in [0.717, 1.165) is 57.8 Å².